The van der Waals surface area contributed by atoms with E-state index in [0.717, 1.165) is 23.0 Å². The molecule has 0 unspecified atom stereocenters. The molecule has 0 aromatic carbocycles. The maximum absolute atomic E-state index is 11.2. The van der Waals surface area contributed by atoms with Crippen LogP contribution >= 0.6 is 22.9 Å². The second-order valence-electron chi connectivity index (χ2n) is 2.87. The second kappa shape index (κ2) is 3.55. The van der Waals surface area contributed by atoms with Crippen LogP contribution in [0.3, 0.4) is 0 Å². The molecule has 2 rings (SSSR count). The summed E-state index contributed by atoms with van der Waals surface area (Å²) in [5.41, 5.74) is 1.03. The Morgan fingerprint density at radius 3 is 3.08 bits per heavy atom. The van der Waals surface area contributed by atoms with E-state index >= 15 is 0 Å². The molecule has 0 radical (unpaired) electrons. The molecule has 13 heavy (non-hydrogen) atoms. The molecule has 1 saturated heterocycles. The molecule has 0 spiro atoms. The molecule has 1 aromatic heterocycles. The SMILES string of the molecule is O=C1NCCN1Cc1ccsc1Cl. The van der Waals surface area contributed by atoms with E-state index in [1.54, 1.807) is 4.90 Å². The molecule has 2 heterocycles. The molecular formula is C8H9ClN2OS. The molecule has 2 amide bonds. The third-order valence-corrected chi connectivity index (χ3v) is 3.25. The molecule has 0 bridgehead atoms. The van der Waals surface area contributed by atoms with Gasteiger partial charge >= 0.3 is 6.03 Å². The lowest BCUT2D eigenvalue weighted by Crippen LogP contribution is -2.27. The summed E-state index contributed by atoms with van der Waals surface area (Å²) in [6, 6.07) is 1.96. The topological polar surface area (TPSA) is 32.3 Å². The van der Waals surface area contributed by atoms with Crippen LogP contribution in [-0.4, -0.2) is 24.0 Å². The van der Waals surface area contributed by atoms with Gasteiger partial charge in [0.05, 0.1) is 4.34 Å². The standard InChI is InChI=1S/C8H9ClN2OS/c9-7-6(1-4-13-7)5-11-3-2-10-8(11)12/h1,4H,2-3,5H2,(H,10,12). The molecule has 0 atom stereocenters. The highest BCUT2D eigenvalue weighted by molar-refractivity contribution is 7.14. The van der Waals surface area contributed by atoms with Crippen LogP contribution in [0.5, 0.6) is 0 Å². The van der Waals surface area contributed by atoms with E-state index < -0.39 is 0 Å². The number of amides is 2. The van der Waals surface area contributed by atoms with E-state index in [0.29, 0.717) is 6.54 Å². The van der Waals surface area contributed by atoms with Crippen LogP contribution in [0.4, 0.5) is 4.79 Å². The van der Waals surface area contributed by atoms with Crippen molar-refractivity contribution in [3.05, 3.63) is 21.3 Å². The number of halogens is 1. The van der Waals surface area contributed by atoms with Crippen molar-refractivity contribution in [2.75, 3.05) is 13.1 Å². The Balaban J connectivity index is 2.06. The van der Waals surface area contributed by atoms with Crippen LogP contribution in [0.1, 0.15) is 5.56 Å². The average molecular weight is 217 g/mol. The van der Waals surface area contributed by atoms with Crippen molar-refractivity contribution >= 4 is 29.0 Å². The number of urea groups is 1. The number of thiophene rings is 1. The van der Waals surface area contributed by atoms with Crippen molar-refractivity contribution in [3.8, 4) is 0 Å². The molecular weight excluding hydrogens is 208 g/mol. The maximum atomic E-state index is 11.2. The van der Waals surface area contributed by atoms with E-state index in [2.05, 4.69) is 5.32 Å². The fourth-order valence-electron chi connectivity index (χ4n) is 1.30. The monoisotopic (exact) mass is 216 g/mol. The van der Waals surface area contributed by atoms with Gasteiger partial charge in [0.2, 0.25) is 0 Å². The number of nitrogens with one attached hydrogen (secondary N) is 1. The molecule has 1 N–H and O–H groups in total. The van der Waals surface area contributed by atoms with Gasteiger partial charge in [0, 0.05) is 25.2 Å². The molecule has 0 aliphatic carbocycles. The second-order valence-corrected chi connectivity index (χ2v) is 4.39. The van der Waals surface area contributed by atoms with Crippen LogP contribution in [0, 0.1) is 0 Å². The van der Waals surface area contributed by atoms with Gasteiger partial charge in [-0.05, 0) is 11.4 Å². The van der Waals surface area contributed by atoms with E-state index in [9.17, 15) is 4.79 Å². The van der Waals surface area contributed by atoms with Crippen molar-refractivity contribution in [1.29, 1.82) is 0 Å². The Morgan fingerprint density at radius 1 is 1.69 bits per heavy atom. The summed E-state index contributed by atoms with van der Waals surface area (Å²) in [4.78, 5) is 12.9. The van der Waals surface area contributed by atoms with E-state index in [1.807, 2.05) is 11.4 Å². The zero-order valence-electron chi connectivity index (χ0n) is 6.92. The molecule has 1 fully saturated rings. The summed E-state index contributed by atoms with van der Waals surface area (Å²) in [6.07, 6.45) is 0. The fourth-order valence-corrected chi connectivity index (χ4v) is 2.21. The minimum absolute atomic E-state index is 0.00210. The van der Waals surface area contributed by atoms with Gasteiger partial charge in [-0.2, -0.15) is 0 Å². The summed E-state index contributed by atoms with van der Waals surface area (Å²) in [7, 11) is 0. The van der Waals surface area contributed by atoms with Crippen LogP contribution in [0.15, 0.2) is 11.4 Å². The normalized spacial score (nSPS) is 16.4. The first kappa shape index (κ1) is 8.84. The molecule has 1 aliphatic rings. The molecule has 1 aromatic rings. The number of carbonyl (C=O) groups is 1. The predicted molar refractivity (Wildman–Crippen MR) is 53.1 cm³/mol. The number of nitrogens with zero attached hydrogens (tertiary/aromatic N) is 1. The molecule has 0 saturated carbocycles. The summed E-state index contributed by atoms with van der Waals surface area (Å²) in [5.74, 6) is 0. The van der Waals surface area contributed by atoms with Gasteiger partial charge in [0.15, 0.2) is 0 Å². The van der Waals surface area contributed by atoms with Gasteiger partial charge in [-0.25, -0.2) is 4.79 Å². The van der Waals surface area contributed by atoms with Crippen molar-refractivity contribution in [1.82, 2.24) is 10.2 Å². The number of hydrogen-bond acceptors (Lipinski definition) is 2. The van der Waals surface area contributed by atoms with Gasteiger partial charge in [0.1, 0.15) is 0 Å². The van der Waals surface area contributed by atoms with Gasteiger partial charge in [-0.15, -0.1) is 11.3 Å². The largest absolute Gasteiger partial charge is 0.336 e. The molecule has 70 valence electrons. The Bertz CT molecular complexity index is 326. The van der Waals surface area contributed by atoms with E-state index in [1.165, 1.54) is 11.3 Å². The van der Waals surface area contributed by atoms with Gasteiger partial charge in [-0.3, -0.25) is 0 Å². The summed E-state index contributed by atoms with van der Waals surface area (Å²) < 4.78 is 0.778. The van der Waals surface area contributed by atoms with E-state index in [-0.39, 0.29) is 6.03 Å². The minimum Gasteiger partial charge on any atom is -0.336 e. The van der Waals surface area contributed by atoms with Crippen molar-refractivity contribution in [3.63, 3.8) is 0 Å². The quantitative estimate of drug-likeness (QED) is 0.805. The van der Waals surface area contributed by atoms with Crippen LogP contribution in [0.25, 0.3) is 0 Å². The van der Waals surface area contributed by atoms with E-state index in [4.69, 9.17) is 11.6 Å². The molecule has 3 nitrogen and oxygen atoms in total. The summed E-state index contributed by atoms with van der Waals surface area (Å²) in [5, 5.41) is 4.68. The zero-order chi connectivity index (χ0) is 9.26. The highest BCUT2D eigenvalue weighted by atomic mass is 35.5. The van der Waals surface area contributed by atoms with Crippen molar-refractivity contribution in [2.45, 2.75) is 6.54 Å². The Labute approximate surface area is 85.3 Å². The third-order valence-electron chi connectivity index (χ3n) is 2.00. The minimum atomic E-state index is 0.00210. The summed E-state index contributed by atoms with van der Waals surface area (Å²) in [6.45, 7) is 2.12. The highest BCUT2D eigenvalue weighted by Gasteiger charge is 2.20. The number of carbonyl (C=O) groups excluding carboxylic acids is 1. The van der Waals surface area contributed by atoms with Crippen LogP contribution in [0.2, 0.25) is 4.34 Å². The lowest BCUT2D eigenvalue weighted by molar-refractivity contribution is 0.215. The highest BCUT2D eigenvalue weighted by Crippen LogP contribution is 2.24. The maximum Gasteiger partial charge on any atom is 0.317 e. The van der Waals surface area contributed by atoms with Gasteiger partial charge < -0.3 is 10.2 Å². The van der Waals surface area contributed by atoms with Gasteiger partial charge in [-0.1, -0.05) is 11.6 Å². The fraction of sp³-hybridized carbons (Fsp3) is 0.375. The van der Waals surface area contributed by atoms with Crippen LogP contribution < -0.4 is 5.32 Å². The molecule has 5 heteroatoms. The third kappa shape index (κ3) is 1.78. The Hall–Kier alpha value is -0.740. The lowest BCUT2D eigenvalue weighted by atomic mass is 10.3. The first-order valence-electron chi connectivity index (χ1n) is 4.02. The van der Waals surface area contributed by atoms with Crippen molar-refractivity contribution < 1.29 is 4.79 Å². The predicted octanol–water partition coefficient (Wildman–Crippen LogP) is 1.93. The first-order chi connectivity index (χ1) is 6.27. The lowest BCUT2D eigenvalue weighted by Gasteiger charge is -2.12. The number of rotatable bonds is 2. The van der Waals surface area contributed by atoms with Crippen LogP contribution in [-0.2, 0) is 6.54 Å². The average Bonchev–Trinajstić information content (AvgIpc) is 2.65. The Kier molecular flexibility index (Phi) is 2.42. The zero-order valence-corrected chi connectivity index (χ0v) is 8.49. The Morgan fingerprint density at radius 2 is 2.54 bits per heavy atom. The molecule has 1 aliphatic heterocycles. The number of hydrogen-bond donors (Lipinski definition) is 1. The smallest absolute Gasteiger partial charge is 0.317 e. The van der Waals surface area contributed by atoms with Gasteiger partial charge in [0.25, 0.3) is 0 Å². The first-order valence-corrected chi connectivity index (χ1v) is 5.28. The van der Waals surface area contributed by atoms with Crippen molar-refractivity contribution in [2.24, 2.45) is 0 Å². The summed E-state index contributed by atoms with van der Waals surface area (Å²) >= 11 is 7.42.